The summed E-state index contributed by atoms with van der Waals surface area (Å²) in [6, 6.07) is 2.53. The van der Waals surface area contributed by atoms with Crippen LogP contribution in [-0.2, 0) is 0 Å². The van der Waals surface area contributed by atoms with Crippen molar-refractivity contribution in [1.82, 2.24) is 0 Å². The van der Waals surface area contributed by atoms with Crippen molar-refractivity contribution in [3.63, 3.8) is 0 Å². The van der Waals surface area contributed by atoms with Gasteiger partial charge in [0.05, 0.1) is 0 Å². The highest BCUT2D eigenvalue weighted by Crippen LogP contribution is 1.99. The van der Waals surface area contributed by atoms with Crippen LogP contribution in [0.2, 0.25) is 0 Å². The summed E-state index contributed by atoms with van der Waals surface area (Å²) in [7, 11) is -0.893. The van der Waals surface area contributed by atoms with E-state index in [-0.39, 0.29) is 5.46 Å². The van der Waals surface area contributed by atoms with Crippen molar-refractivity contribution in [3.05, 3.63) is 29.8 Å². The van der Waals surface area contributed by atoms with Crippen LogP contribution >= 0.6 is 0 Å². The Morgan fingerprint density at radius 1 is 1.07 bits per heavy atom. The van der Waals surface area contributed by atoms with Gasteiger partial charge in [0.25, 0.3) is 0 Å². The molecule has 0 aliphatic carbocycles. The van der Waals surface area contributed by atoms with E-state index in [0.717, 1.165) is 19.2 Å². The lowest BCUT2D eigenvalue weighted by molar-refractivity contribution is 0.399. The van der Waals surface area contributed by atoms with Crippen molar-refractivity contribution < 1.29 is 23.9 Å². The molecule has 15 heavy (non-hydrogen) atoms. The second-order valence-electron chi connectivity index (χ2n) is 2.04. The lowest BCUT2D eigenvalue weighted by atomic mass is 9.80. The smallest absolute Gasteiger partial charge is 0.423 e. The molecule has 0 aliphatic heterocycles. The summed E-state index contributed by atoms with van der Waals surface area (Å²) in [4.78, 5) is 0. The molecule has 0 bridgehead atoms. The Hall–Kier alpha value is -0.975. The Morgan fingerprint density at radius 3 is 1.87 bits per heavy atom. The zero-order chi connectivity index (χ0) is 12.4. The fourth-order valence-corrected chi connectivity index (χ4v) is 0.711. The average Bonchev–Trinajstić information content (AvgIpc) is 2.23. The van der Waals surface area contributed by atoms with Crippen LogP contribution in [-0.4, -0.2) is 29.4 Å². The monoisotopic (exact) mass is 220 g/mol. The summed E-state index contributed by atoms with van der Waals surface area (Å²) in [5.41, 5.74) is -0.327. The van der Waals surface area contributed by atoms with E-state index in [1.807, 2.05) is 13.8 Å². The number of hydrogen-bond acceptors (Lipinski definition) is 3. The van der Waals surface area contributed by atoms with Crippen LogP contribution in [0.1, 0.15) is 13.8 Å². The van der Waals surface area contributed by atoms with Crippen molar-refractivity contribution >= 4 is 12.6 Å². The zero-order valence-corrected chi connectivity index (χ0v) is 8.91. The molecule has 0 aromatic heterocycles. The van der Waals surface area contributed by atoms with E-state index >= 15 is 0 Å². The van der Waals surface area contributed by atoms with Crippen LogP contribution in [0.25, 0.3) is 0 Å². The minimum Gasteiger partial charge on any atom is -0.423 e. The number of benzene rings is 1. The third kappa shape index (κ3) is 6.17. The van der Waals surface area contributed by atoms with Gasteiger partial charge in [0.1, 0.15) is 11.6 Å². The number of hydrogen-bond donors (Lipinski definition) is 3. The first-order chi connectivity index (χ1) is 7.11. The number of halogens is 2. The molecule has 0 amide bonds. The molecule has 0 aliphatic rings. The molecule has 0 saturated carbocycles. The van der Waals surface area contributed by atoms with Gasteiger partial charge in [-0.2, -0.15) is 0 Å². The normalized spacial score (nSPS) is 8.00. The van der Waals surface area contributed by atoms with Gasteiger partial charge in [-0.05, 0) is 6.07 Å². The minimum absolute atomic E-state index is 0.327. The highest BCUT2D eigenvalue weighted by molar-refractivity contribution is 6.58. The van der Waals surface area contributed by atoms with Crippen LogP contribution in [0.5, 0.6) is 0 Å². The molecule has 3 nitrogen and oxygen atoms in total. The Balaban J connectivity index is 0. The third-order valence-corrected chi connectivity index (χ3v) is 1.24. The number of aliphatic hydroxyl groups is 1. The summed E-state index contributed by atoms with van der Waals surface area (Å²) in [6.45, 7) is 4.00. The number of aliphatic hydroxyl groups excluding tert-OH is 1. The molecule has 0 saturated heterocycles. The van der Waals surface area contributed by atoms with Crippen LogP contribution in [0.3, 0.4) is 0 Å². The minimum atomic E-state index is -1.89. The molecule has 0 unspecified atom stereocenters. The SMILES string of the molecule is CC.CO.OB(O)c1ccc(F)cc1F. The summed E-state index contributed by atoms with van der Waals surface area (Å²) in [5, 5.41) is 24.0. The van der Waals surface area contributed by atoms with Gasteiger partial charge in [-0.1, -0.05) is 19.9 Å². The van der Waals surface area contributed by atoms with Gasteiger partial charge in [0.15, 0.2) is 0 Å². The van der Waals surface area contributed by atoms with Crippen LogP contribution in [0.15, 0.2) is 18.2 Å². The van der Waals surface area contributed by atoms with Gasteiger partial charge in [-0.3, -0.25) is 0 Å². The maximum Gasteiger partial charge on any atom is 0.491 e. The predicted octanol–water partition coefficient (Wildman–Crippen LogP) is 0.279. The highest BCUT2D eigenvalue weighted by Gasteiger charge is 2.15. The van der Waals surface area contributed by atoms with E-state index in [1.54, 1.807) is 0 Å². The first-order valence-corrected chi connectivity index (χ1v) is 4.37. The van der Waals surface area contributed by atoms with Crippen molar-refractivity contribution in [3.8, 4) is 0 Å². The lowest BCUT2D eigenvalue weighted by Gasteiger charge is -1.99. The van der Waals surface area contributed by atoms with Gasteiger partial charge in [-0.15, -0.1) is 0 Å². The second-order valence-corrected chi connectivity index (χ2v) is 2.04. The van der Waals surface area contributed by atoms with Crippen LogP contribution in [0.4, 0.5) is 8.78 Å². The quantitative estimate of drug-likeness (QED) is 0.595. The Labute approximate surface area is 88.1 Å². The lowest BCUT2D eigenvalue weighted by Crippen LogP contribution is -2.32. The van der Waals surface area contributed by atoms with Gasteiger partial charge < -0.3 is 15.2 Å². The Kier molecular flexibility index (Phi) is 10.5. The van der Waals surface area contributed by atoms with E-state index < -0.39 is 18.8 Å². The third-order valence-electron chi connectivity index (χ3n) is 1.24. The molecule has 86 valence electrons. The summed E-state index contributed by atoms with van der Waals surface area (Å²) in [5.74, 6) is -1.70. The van der Waals surface area contributed by atoms with E-state index in [4.69, 9.17) is 15.2 Å². The molecule has 0 spiro atoms. The van der Waals surface area contributed by atoms with E-state index in [2.05, 4.69) is 0 Å². The molecule has 3 N–H and O–H groups in total. The van der Waals surface area contributed by atoms with E-state index in [1.165, 1.54) is 0 Å². The first kappa shape index (κ1) is 16.5. The van der Waals surface area contributed by atoms with E-state index in [9.17, 15) is 8.78 Å². The van der Waals surface area contributed by atoms with Gasteiger partial charge in [0, 0.05) is 18.6 Å². The fraction of sp³-hybridized carbons (Fsp3) is 0.333. The fourth-order valence-electron chi connectivity index (χ4n) is 0.711. The average molecular weight is 220 g/mol. The molecule has 1 aromatic carbocycles. The van der Waals surface area contributed by atoms with Gasteiger partial charge in [-0.25, -0.2) is 8.78 Å². The topological polar surface area (TPSA) is 60.7 Å². The van der Waals surface area contributed by atoms with Crippen molar-refractivity contribution in [2.24, 2.45) is 0 Å². The highest BCUT2D eigenvalue weighted by atomic mass is 19.1. The molecular weight excluding hydrogens is 205 g/mol. The molecule has 1 aromatic rings. The predicted molar refractivity (Wildman–Crippen MR) is 55.7 cm³/mol. The molecule has 0 fully saturated rings. The standard InChI is InChI=1S/C6H5BF2O2.C2H6.CH4O/c8-4-1-2-5(7(10)11)6(9)3-4;2*1-2/h1-3,10-11H;1-2H3;2H,1H3. The molecular formula is C9H15BF2O3. The number of rotatable bonds is 1. The Bertz CT molecular complexity index is 270. The molecule has 1 rings (SSSR count). The Morgan fingerprint density at radius 2 is 1.53 bits per heavy atom. The maximum atomic E-state index is 12.5. The molecule has 0 atom stereocenters. The summed E-state index contributed by atoms with van der Waals surface area (Å²) >= 11 is 0. The molecule has 0 radical (unpaired) electrons. The van der Waals surface area contributed by atoms with Gasteiger partial charge >= 0.3 is 7.12 Å². The maximum absolute atomic E-state index is 12.5. The van der Waals surface area contributed by atoms with Crippen molar-refractivity contribution in [2.75, 3.05) is 7.11 Å². The largest absolute Gasteiger partial charge is 0.491 e. The van der Waals surface area contributed by atoms with Crippen LogP contribution < -0.4 is 5.46 Å². The van der Waals surface area contributed by atoms with Crippen molar-refractivity contribution in [2.45, 2.75) is 13.8 Å². The summed E-state index contributed by atoms with van der Waals surface area (Å²) in [6.07, 6.45) is 0. The zero-order valence-electron chi connectivity index (χ0n) is 8.91. The van der Waals surface area contributed by atoms with Crippen LogP contribution in [0, 0.1) is 11.6 Å². The molecule has 6 heteroatoms. The second kappa shape index (κ2) is 9.58. The van der Waals surface area contributed by atoms with E-state index in [0.29, 0.717) is 6.07 Å². The molecule has 0 heterocycles. The van der Waals surface area contributed by atoms with Gasteiger partial charge in [0.2, 0.25) is 0 Å². The first-order valence-electron chi connectivity index (χ1n) is 4.37. The van der Waals surface area contributed by atoms with Crippen molar-refractivity contribution in [1.29, 1.82) is 0 Å². The summed E-state index contributed by atoms with van der Waals surface area (Å²) < 4.78 is 24.7.